The van der Waals surface area contributed by atoms with Crippen LogP contribution in [-0.4, -0.2) is 53.0 Å². The van der Waals surface area contributed by atoms with Gasteiger partial charge in [0.25, 0.3) is 5.91 Å². The number of hydrogen-bond donors (Lipinski definition) is 0. The summed E-state index contributed by atoms with van der Waals surface area (Å²) in [5.41, 5.74) is 0.545. The van der Waals surface area contributed by atoms with Gasteiger partial charge in [-0.1, -0.05) is 0 Å². The lowest BCUT2D eigenvalue weighted by Crippen LogP contribution is -2.34. The molecule has 0 fully saturated rings. The molecule has 1 aromatic heterocycles. The van der Waals surface area contributed by atoms with E-state index in [4.69, 9.17) is 16.3 Å². The normalized spacial score (nSPS) is 12.5. The Balaban J connectivity index is 2.58. The maximum Gasteiger partial charge on any atom is 0.271 e. The number of nitrogens with zero attached hydrogens (tertiary/aromatic N) is 3. The molecule has 0 radical (unpaired) electrons. The lowest BCUT2D eigenvalue weighted by molar-refractivity contribution is 0.0772. The lowest BCUT2D eigenvalue weighted by atomic mass is 10.3. The Labute approximate surface area is 100.0 Å². The molecular formula is C10H16ClN3O2. The van der Waals surface area contributed by atoms with Crippen LogP contribution >= 0.6 is 11.6 Å². The molecule has 16 heavy (non-hydrogen) atoms. The molecule has 0 saturated heterocycles. The maximum absolute atomic E-state index is 11.9. The molecule has 0 saturated carbocycles. The molecule has 1 atom stereocenters. The number of methoxy groups -OCH3 is 1. The van der Waals surface area contributed by atoms with Gasteiger partial charge in [0.1, 0.15) is 5.69 Å². The molecule has 0 N–H and O–H groups in total. The van der Waals surface area contributed by atoms with Crippen LogP contribution in [0.5, 0.6) is 0 Å². The second-order valence-electron chi connectivity index (χ2n) is 3.63. The standard InChI is InChI=1S/C10H16ClN3O2/c1-13(5-8(11)6-16-3)10(15)9-4-12-7-14(9)2/h4,7-8H,5-6H2,1-3H3. The Bertz CT molecular complexity index is 354. The molecule has 5 nitrogen and oxygen atoms in total. The van der Waals surface area contributed by atoms with Crippen LogP contribution in [0, 0.1) is 0 Å². The summed E-state index contributed by atoms with van der Waals surface area (Å²) in [6.07, 6.45) is 3.13. The topological polar surface area (TPSA) is 47.4 Å². The number of imidazole rings is 1. The van der Waals surface area contributed by atoms with Crippen molar-refractivity contribution in [1.82, 2.24) is 14.5 Å². The molecule has 6 heteroatoms. The smallest absolute Gasteiger partial charge is 0.271 e. The first-order chi connectivity index (χ1) is 7.56. The molecule has 1 unspecified atom stereocenters. The number of halogens is 1. The highest BCUT2D eigenvalue weighted by Gasteiger charge is 2.17. The Kier molecular flexibility index (Phi) is 4.76. The molecule has 0 spiro atoms. The summed E-state index contributed by atoms with van der Waals surface area (Å²) in [5.74, 6) is -0.0956. The third-order valence-electron chi connectivity index (χ3n) is 2.20. The zero-order valence-electron chi connectivity index (χ0n) is 9.68. The second kappa shape index (κ2) is 5.86. The molecule has 1 rings (SSSR count). The molecule has 0 bridgehead atoms. The molecular weight excluding hydrogens is 230 g/mol. The van der Waals surface area contributed by atoms with Crippen LogP contribution < -0.4 is 0 Å². The number of ether oxygens (including phenoxy) is 1. The van der Waals surface area contributed by atoms with E-state index in [2.05, 4.69) is 4.98 Å². The number of rotatable bonds is 5. The molecule has 0 aromatic carbocycles. The average Bonchev–Trinajstić information content (AvgIpc) is 2.63. The van der Waals surface area contributed by atoms with Gasteiger partial charge < -0.3 is 14.2 Å². The predicted octanol–water partition coefficient (Wildman–Crippen LogP) is 0.746. The summed E-state index contributed by atoms with van der Waals surface area (Å²) in [4.78, 5) is 17.4. The highest BCUT2D eigenvalue weighted by atomic mass is 35.5. The van der Waals surface area contributed by atoms with Crippen molar-refractivity contribution in [3.05, 3.63) is 18.2 Å². The highest BCUT2D eigenvalue weighted by Crippen LogP contribution is 2.05. The fraction of sp³-hybridized carbons (Fsp3) is 0.600. The van der Waals surface area contributed by atoms with Crippen LogP contribution in [0.4, 0.5) is 0 Å². The molecule has 90 valence electrons. The predicted molar refractivity (Wildman–Crippen MR) is 61.7 cm³/mol. The van der Waals surface area contributed by atoms with Gasteiger partial charge in [0.15, 0.2) is 0 Å². The molecule has 0 aliphatic rings. The summed E-state index contributed by atoms with van der Waals surface area (Å²) in [6.45, 7) is 0.865. The van der Waals surface area contributed by atoms with Crippen molar-refractivity contribution in [1.29, 1.82) is 0 Å². The number of alkyl halides is 1. The van der Waals surface area contributed by atoms with Crippen LogP contribution in [0.1, 0.15) is 10.5 Å². The van der Waals surface area contributed by atoms with Crippen molar-refractivity contribution < 1.29 is 9.53 Å². The molecule has 1 amide bonds. The molecule has 1 heterocycles. The fourth-order valence-electron chi connectivity index (χ4n) is 1.37. The number of amides is 1. The van der Waals surface area contributed by atoms with E-state index in [1.54, 1.807) is 43.2 Å². The van der Waals surface area contributed by atoms with E-state index in [1.165, 1.54) is 0 Å². The van der Waals surface area contributed by atoms with E-state index < -0.39 is 0 Å². The fourth-order valence-corrected chi connectivity index (χ4v) is 1.71. The highest BCUT2D eigenvalue weighted by molar-refractivity contribution is 6.21. The number of hydrogen-bond acceptors (Lipinski definition) is 3. The first kappa shape index (κ1) is 13.0. The van der Waals surface area contributed by atoms with Crippen LogP contribution in [0.3, 0.4) is 0 Å². The molecule has 0 aliphatic carbocycles. The van der Waals surface area contributed by atoms with Crippen molar-refractivity contribution in [2.75, 3.05) is 27.3 Å². The van der Waals surface area contributed by atoms with E-state index >= 15 is 0 Å². The largest absolute Gasteiger partial charge is 0.383 e. The van der Waals surface area contributed by atoms with Crippen LogP contribution in [0.2, 0.25) is 0 Å². The Morgan fingerprint density at radius 1 is 1.75 bits per heavy atom. The Morgan fingerprint density at radius 3 is 2.94 bits per heavy atom. The third kappa shape index (κ3) is 3.21. The summed E-state index contributed by atoms with van der Waals surface area (Å²) in [6, 6.07) is 0. The van der Waals surface area contributed by atoms with Gasteiger partial charge in [0, 0.05) is 27.7 Å². The van der Waals surface area contributed by atoms with Gasteiger partial charge >= 0.3 is 0 Å². The quantitative estimate of drug-likeness (QED) is 0.719. The zero-order chi connectivity index (χ0) is 12.1. The SMILES string of the molecule is COCC(Cl)CN(C)C(=O)c1cncn1C. The van der Waals surface area contributed by atoms with E-state index in [1.807, 2.05) is 0 Å². The summed E-state index contributed by atoms with van der Waals surface area (Å²) in [7, 11) is 5.07. The number of carbonyl (C=O) groups is 1. The van der Waals surface area contributed by atoms with Crippen LogP contribution in [0.25, 0.3) is 0 Å². The van der Waals surface area contributed by atoms with E-state index in [0.717, 1.165) is 0 Å². The van der Waals surface area contributed by atoms with Gasteiger partial charge in [-0.3, -0.25) is 4.79 Å². The third-order valence-corrected chi connectivity index (χ3v) is 2.47. The minimum absolute atomic E-state index is 0.0956. The first-order valence-electron chi connectivity index (χ1n) is 4.91. The minimum atomic E-state index is -0.202. The number of carbonyl (C=O) groups excluding carboxylic acids is 1. The van der Waals surface area contributed by atoms with Gasteiger partial charge in [-0.05, 0) is 0 Å². The summed E-state index contributed by atoms with van der Waals surface area (Å²) in [5, 5.41) is -0.202. The van der Waals surface area contributed by atoms with Gasteiger partial charge in [-0.2, -0.15) is 0 Å². The summed E-state index contributed by atoms with van der Waals surface area (Å²) < 4.78 is 6.59. The average molecular weight is 246 g/mol. The van der Waals surface area contributed by atoms with Crippen molar-refractivity contribution >= 4 is 17.5 Å². The van der Waals surface area contributed by atoms with Crippen molar-refractivity contribution in [2.45, 2.75) is 5.38 Å². The Hall–Kier alpha value is -1.07. The van der Waals surface area contributed by atoms with E-state index in [0.29, 0.717) is 18.8 Å². The molecule has 1 aromatic rings. The monoisotopic (exact) mass is 245 g/mol. The first-order valence-corrected chi connectivity index (χ1v) is 5.34. The molecule has 0 aliphatic heterocycles. The van der Waals surface area contributed by atoms with Crippen LogP contribution in [0.15, 0.2) is 12.5 Å². The van der Waals surface area contributed by atoms with Gasteiger partial charge in [-0.25, -0.2) is 4.98 Å². The zero-order valence-corrected chi connectivity index (χ0v) is 10.4. The van der Waals surface area contributed by atoms with Crippen molar-refractivity contribution in [2.24, 2.45) is 7.05 Å². The lowest BCUT2D eigenvalue weighted by Gasteiger charge is -2.19. The minimum Gasteiger partial charge on any atom is -0.383 e. The number of aromatic nitrogens is 2. The van der Waals surface area contributed by atoms with E-state index in [-0.39, 0.29) is 11.3 Å². The van der Waals surface area contributed by atoms with Gasteiger partial charge in [0.2, 0.25) is 0 Å². The Morgan fingerprint density at radius 2 is 2.44 bits per heavy atom. The maximum atomic E-state index is 11.9. The van der Waals surface area contributed by atoms with Crippen molar-refractivity contribution in [3.8, 4) is 0 Å². The van der Waals surface area contributed by atoms with Crippen LogP contribution in [-0.2, 0) is 11.8 Å². The summed E-state index contributed by atoms with van der Waals surface area (Å²) >= 11 is 5.98. The van der Waals surface area contributed by atoms with Crippen molar-refractivity contribution in [3.63, 3.8) is 0 Å². The second-order valence-corrected chi connectivity index (χ2v) is 4.25. The number of aryl methyl sites for hydroxylation is 1. The van der Waals surface area contributed by atoms with Gasteiger partial charge in [-0.15, -0.1) is 11.6 Å². The van der Waals surface area contributed by atoms with Gasteiger partial charge in [0.05, 0.1) is 24.5 Å². The van der Waals surface area contributed by atoms with E-state index in [9.17, 15) is 4.79 Å².